The van der Waals surface area contributed by atoms with E-state index < -0.39 is 8.53 Å². The molecule has 0 radical (unpaired) electrons. The van der Waals surface area contributed by atoms with Crippen LogP contribution in [0.4, 0.5) is 0 Å². The molecule has 0 spiro atoms. The molecular formula is C9H19N2O2P. The fraction of sp³-hybridized carbons (Fsp3) is 0.889. The Labute approximate surface area is 87.8 Å². The fourth-order valence-electron chi connectivity index (χ4n) is 0.688. The van der Waals surface area contributed by atoms with E-state index in [9.17, 15) is 0 Å². The highest BCUT2D eigenvalue weighted by molar-refractivity contribution is 7.44. The van der Waals surface area contributed by atoms with E-state index in [0.717, 1.165) is 0 Å². The first-order valence-electron chi connectivity index (χ1n) is 4.79. The summed E-state index contributed by atoms with van der Waals surface area (Å²) in [5, 5.41) is 8.38. The lowest BCUT2D eigenvalue weighted by molar-refractivity contribution is 0.213. The van der Waals surface area contributed by atoms with E-state index in [0.29, 0.717) is 25.7 Å². The quantitative estimate of drug-likeness (QED) is 0.486. The highest BCUT2D eigenvalue weighted by Gasteiger charge is 2.19. The van der Waals surface area contributed by atoms with E-state index in [4.69, 9.17) is 14.3 Å². The Morgan fingerprint density at radius 3 is 2.50 bits per heavy atom. The molecule has 0 N–H and O–H groups in total. The molecule has 82 valence electrons. The van der Waals surface area contributed by atoms with Crippen LogP contribution in [0.15, 0.2) is 0 Å². The number of nitrogens with zero attached hydrogens (tertiary/aromatic N) is 2. The minimum atomic E-state index is -0.991. The molecule has 0 aliphatic carbocycles. The number of nitriles is 1. The second-order valence-electron chi connectivity index (χ2n) is 3.06. The monoisotopic (exact) mass is 218 g/mol. The molecule has 0 aliphatic heterocycles. The summed E-state index contributed by atoms with van der Waals surface area (Å²) in [6.45, 7) is 7.19. The first kappa shape index (κ1) is 13.8. The predicted molar refractivity (Wildman–Crippen MR) is 57.6 cm³/mol. The van der Waals surface area contributed by atoms with E-state index in [2.05, 4.69) is 18.5 Å². The average Bonchev–Trinajstić information content (AvgIpc) is 2.15. The Hall–Kier alpha value is -0.200. The smallest absolute Gasteiger partial charge is 0.258 e. The van der Waals surface area contributed by atoms with Crippen molar-refractivity contribution in [1.82, 2.24) is 4.67 Å². The van der Waals surface area contributed by atoms with Gasteiger partial charge in [-0.25, -0.2) is 4.67 Å². The molecular weight excluding hydrogens is 199 g/mol. The molecule has 0 saturated heterocycles. The van der Waals surface area contributed by atoms with Crippen LogP contribution in [0, 0.1) is 11.3 Å². The molecule has 0 rings (SSSR count). The third-order valence-electron chi connectivity index (χ3n) is 1.66. The lowest BCUT2D eigenvalue weighted by Crippen LogP contribution is -2.23. The summed E-state index contributed by atoms with van der Waals surface area (Å²) in [6.07, 6.45) is 0.415. The average molecular weight is 218 g/mol. The van der Waals surface area contributed by atoms with E-state index in [1.165, 1.54) is 0 Å². The van der Waals surface area contributed by atoms with Crippen molar-refractivity contribution in [3.05, 3.63) is 0 Å². The van der Waals surface area contributed by atoms with E-state index in [-0.39, 0.29) is 0 Å². The van der Waals surface area contributed by atoms with Gasteiger partial charge in [-0.2, -0.15) is 5.26 Å². The lowest BCUT2D eigenvalue weighted by atomic mass is 10.4. The van der Waals surface area contributed by atoms with Crippen LogP contribution in [0.25, 0.3) is 0 Å². The Morgan fingerprint density at radius 1 is 1.43 bits per heavy atom. The second-order valence-corrected chi connectivity index (χ2v) is 4.69. The summed E-state index contributed by atoms with van der Waals surface area (Å²) in [5.41, 5.74) is 0. The number of hydrogen-bond acceptors (Lipinski definition) is 4. The van der Waals surface area contributed by atoms with Crippen molar-refractivity contribution in [1.29, 1.82) is 5.26 Å². The summed E-state index contributed by atoms with van der Waals surface area (Å²) in [6, 6.07) is 2.43. The zero-order valence-corrected chi connectivity index (χ0v) is 10.3. The zero-order chi connectivity index (χ0) is 11.0. The van der Waals surface area contributed by atoms with Crippen LogP contribution in [0.2, 0.25) is 0 Å². The van der Waals surface area contributed by atoms with Crippen LogP contribution in [0.1, 0.15) is 27.2 Å². The van der Waals surface area contributed by atoms with Crippen LogP contribution in [0.5, 0.6) is 0 Å². The third kappa shape index (κ3) is 5.51. The number of hydrogen-bond donors (Lipinski definition) is 0. The molecule has 1 unspecified atom stereocenters. The topological polar surface area (TPSA) is 45.5 Å². The maximum atomic E-state index is 8.38. The summed E-state index contributed by atoms with van der Waals surface area (Å²) < 4.78 is 13.0. The molecule has 0 saturated carbocycles. The Kier molecular flexibility index (Phi) is 8.02. The SMILES string of the molecule is CCOP(OCCC#N)N(C)C(C)C. The van der Waals surface area contributed by atoms with Gasteiger partial charge in [0.2, 0.25) is 0 Å². The van der Waals surface area contributed by atoms with Crippen molar-refractivity contribution in [3.63, 3.8) is 0 Å². The van der Waals surface area contributed by atoms with Gasteiger partial charge in [0.15, 0.2) is 0 Å². The van der Waals surface area contributed by atoms with Gasteiger partial charge >= 0.3 is 0 Å². The van der Waals surface area contributed by atoms with Crippen LogP contribution >= 0.6 is 8.53 Å². The molecule has 0 aliphatic rings. The van der Waals surface area contributed by atoms with Gasteiger partial charge in [-0.15, -0.1) is 0 Å². The molecule has 0 aromatic carbocycles. The first-order valence-corrected chi connectivity index (χ1v) is 5.92. The third-order valence-corrected chi connectivity index (χ3v) is 3.52. The normalized spacial score (nSPS) is 13.2. The molecule has 1 atom stereocenters. The summed E-state index contributed by atoms with van der Waals surface area (Å²) >= 11 is 0. The number of rotatable bonds is 7. The Bertz CT molecular complexity index is 182. The standard InChI is InChI=1S/C9H19N2O2P/c1-5-12-14(11(4)9(2)3)13-8-6-7-10/h9H,5-6,8H2,1-4H3. The van der Waals surface area contributed by atoms with Crippen molar-refractivity contribution in [2.75, 3.05) is 20.3 Å². The molecule has 0 aromatic heterocycles. The summed E-state index contributed by atoms with van der Waals surface area (Å²) in [5.74, 6) is 0. The molecule has 5 heteroatoms. The van der Waals surface area contributed by atoms with Crippen molar-refractivity contribution >= 4 is 8.53 Å². The van der Waals surface area contributed by atoms with Crippen molar-refractivity contribution in [2.24, 2.45) is 0 Å². The molecule has 4 nitrogen and oxygen atoms in total. The van der Waals surface area contributed by atoms with Crippen molar-refractivity contribution in [3.8, 4) is 6.07 Å². The fourth-order valence-corrected chi connectivity index (χ4v) is 1.97. The lowest BCUT2D eigenvalue weighted by Gasteiger charge is -2.28. The van der Waals surface area contributed by atoms with Crippen LogP contribution in [-0.4, -0.2) is 31.0 Å². The van der Waals surface area contributed by atoms with Crippen LogP contribution in [0.3, 0.4) is 0 Å². The summed E-state index contributed by atoms with van der Waals surface area (Å²) in [4.78, 5) is 0. The van der Waals surface area contributed by atoms with Crippen molar-refractivity contribution < 1.29 is 9.05 Å². The molecule has 0 amide bonds. The minimum absolute atomic E-state index is 0.384. The molecule has 0 aromatic rings. The van der Waals surface area contributed by atoms with Gasteiger partial charge in [-0.05, 0) is 27.8 Å². The molecule has 0 bridgehead atoms. The van der Waals surface area contributed by atoms with Gasteiger partial charge < -0.3 is 9.05 Å². The van der Waals surface area contributed by atoms with E-state index in [1.807, 2.05) is 20.0 Å². The van der Waals surface area contributed by atoms with E-state index >= 15 is 0 Å². The zero-order valence-electron chi connectivity index (χ0n) is 9.36. The molecule has 14 heavy (non-hydrogen) atoms. The summed E-state index contributed by atoms with van der Waals surface area (Å²) in [7, 11) is 0.980. The predicted octanol–water partition coefficient (Wildman–Crippen LogP) is 2.52. The molecule has 0 heterocycles. The van der Waals surface area contributed by atoms with Gasteiger partial charge in [-0.3, -0.25) is 0 Å². The van der Waals surface area contributed by atoms with Gasteiger partial charge in [-0.1, -0.05) is 0 Å². The van der Waals surface area contributed by atoms with Gasteiger partial charge in [0.05, 0.1) is 25.7 Å². The largest absolute Gasteiger partial charge is 0.322 e. The Morgan fingerprint density at radius 2 is 2.07 bits per heavy atom. The highest BCUT2D eigenvalue weighted by Crippen LogP contribution is 2.42. The maximum absolute atomic E-state index is 8.38. The minimum Gasteiger partial charge on any atom is -0.322 e. The van der Waals surface area contributed by atoms with E-state index in [1.54, 1.807) is 0 Å². The van der Waals surface area contributed by atoms with Gasteiger partial charge in [0.1, 0.15) is 0 Å². The van der Waals surface area contributed by atoms with Gasteiger partial charge in [0.25, 0.3) is 8.53 Å². The van der Waals surface area contributed by atoms with Crippen LogP contribution in [-0.2, 0) is 9.05 Å². The Balaban J connectivity index is 3.94. The molecule has 0 fully saturated rings. The first-order chi connectivity index (χ1) is 6.63. The van der Waals surface area contributed by atoms with Crippen molar-refractivity contribution in [2.45, 2.75) is 33.2 Å². The maximum Gasteiger partial charge on any atom is 0.258 e. The second kappa shape index (κ2) is 8.14. The highest BCUT2D eigenvalue weighted by atomic mass is 31.2. The van der Waals surface area contributed by atoms with Crippen LogP contribution < -0.4 is 0 Å². The van der Waals surface area contributed by atoms with Gasteiger partial charge in [0, 0.05) is 6.04 Å².